The van der Waals surface area contributed by atoms with E-state index in [2.05, 4.69) is 6.92 Å². The molecule has 1 saturated heterocycles. The number of piperidine rings is 1. The molecule has 2 rings (SSSR count). The van der Waals surface area contributed by atoms with Crippen LogP contribution < -0.4 is 0 Å². The molecule has 5 heteroatoms. The minimum atomic E-state index is -3.51. The van der Waals surface area contributed by atoms with Gasteiger partial charge in [-0.05, 0) is 38.3 Å². The highest BCUT2D eigenvalue weighted by Crippen LogP contribution is 2.28. The topological polar surface area (TPSA) is 54.5 Å². The predicted octanol–water partition coefficient (Wildman–Crippen LogP) is 3.23. The fourth-order valence-corrected chi connectivity index (χ4v) is 4.69. The third-order valence-corrected chi connectivity index (χ3v) is 5.99. The van der Waals surface area contributed by atoms with E-state index in [1.807, 2.05) is 0 Å². The van der Waals surface area contributed by atoms with E-state index in [0.717, 1.165) is 32.1 Å². The van der Waals surface area contributed by atoms with Crippen LogP contribution in [-0.4, -0.2) is 31.1 Å². The lowest BCUT2D eigenvalue weighted by Gasteiger charge is -2.34. The molecule has 1 atom stereocenters. The van der Waals surface area contributed by atoms with Gasteiger partial charge in [0.1, 0.15) is 0 Å². The standard InChI is InChI=1S/C16H23NO3S/c1-3-7-15-9-4-5-11-17(15)21(19,20)16-10-6-8-14(12-16)13(2)18/h6,8,10,12,15H,3-5,7,9,11H2,1-2H3. The van der Waals surface area contributed by atoms with Gasteiger partial charge in [-0.15, -0.1) is 0 Å². The van der Waals surface area contributed by atoms with Gasteiger partial charge in [0.05, 0.1) is 4.90 Å². The quantitative estimate of drug-likeness (QED) is 0.785. The fourth-order valence-electron chi connectivity index (χ4n) is 2.92. The summed E-state index contributed by atoms with van der Waals surface area (Å²) in [6.07, 6.45) is 4.80. The number of carbonyl (C=O) groups excluding carboxylic acids is 1. The largest absolute Gasteiger partial charge is 0.295 e. The van der Waals surface area contributed by atoms with Gasteiger partial charge in [0.2, 0.25) is 10.0 Å². The summed E-state index contributed by atoms with van der Waals surface area (Å²) in [5, 5.41) is 0. The third-order valence-electron chi connectivity index (χ3n) is 4.04. The van der Waals surface area contributed by atoms with Gasteiger partial charge >= 0.3 is 0 Å². The summed E-state index contributed by atoms with van der Waals surface area (Å²) >= 11 is 0. The van der Waals surface area contributed by atoms with Crippen molar-refractivity contribution in [3.8, 4) is 0 Å². The summed E-state index contributed by atoms with van der Waals surface area (Å²) in [5.74, 6) is -0.115. The minimum Gasteiger partial charge on any atom is -0.295 e. The molecule has 0 spiro atoms. The lowest BCUT2D eigenvalue weighted by molar-refractivity contribution is 0.101. The van der Waals surface area contributed by atoms with Crippen molar-refractivity contribution in [2.75, 3.05) is 6.54 Å². The minimum absolute atomic E-state index is 0.0923. The summed E-state index contributed by atoms with van der Waals surface area (Å²) in [7, 11) is -3.51. The van der Waals surface area contributed by atoms with Crippen molar-refractivity contribution in [1.82, 2.24) is 4.31 Å². The molecule has 1 aromatic carbocycles. The number of rotatable bonds is 5. The molecule has 116 valence electrons. The summed E-state index contributed by atoms with van der Waals surface area (Å²) < 4.78 is 27.4. The number of sulfonamides is 1. The van der Waals surface area contributed by atoms with Crippen LogP contribution in [0.25, 0.3) is 0 Å². The van der Waals surface area contributed by atoms with Crippen LogP contribution in [0, 0.1) is 0 Å². The first kappa shape index (κ1) is 16.2. The van der Waals surface area contributed by atoms with E-state index in [1.54, 1.807) is 22.5 Å². The molecule has 0 amide bonds. The second-order valence-electron chi connectivity index (χ2n) is 5.64. The molecule has 0 radical (unpaired) electrons. The Morgan fingerprint density at radius 1 is 1.33 bits per heavy atom. The summed E-state index contributed by atoms with van der Waals surface area (Å²) in [6, 6.07) is 6.47. The SMILES string of the molecule is CCCC1CCCCN1S(=O)(=O)c1cccc(C(C)=O)c1. The zero-order chi connectivity index (χ0) is 15.5. The lowest BCUT2D eigenvalue weighted by Crippen LogP contribution is -2.43. The van der Waals surface area contributed by atoms with Gasteiger partial charge in [-0.1, -0.05) is 31.9 Å². The van der Waals surface area contributed by atoms with Crippen LogP contribution in [0.3, 0.4) is 0 Å². The predicted molar refractivity (Wildman–Crippen MR) is 82.9 cm³/mol. The molecule has 1 aromatic rings. The molecule has 0 N–H and O–H groups in total. The molecule has 1 heterocycles. The molecule has 21 heavy (non-hydrogen) atoms. The summed E-state index contributed by atoms with van der Waals surface area (Å²) in [4.78, 5) is 11.7. The second-order valence-corrected chi connectivity index (χ2v) is 7.53. The van der Waals surface area contributed by atoms with Crippen molar-refractivity contribution in [3.63, 3.8) is 0 Å². The van der Waals surface area contributed by atoms with Crippen LogP contribution >= 0.6 is 0 Å². The maximum absolute atomic E-state index is 12.9. The van der Waals surface area contributed by atoms with Crippen molar-refractivity contribution in [2.45, 2.75) is 56.9 Å². The highest BCUT2D eigenvalue weighted by Gasteiger charge is 2.33. The maximum atomic E-state index is 12.9. The zero-order valence-electron chi connectivity index (χ0n) is 12.7. The molecule has 0 bridgehead atoms. The van der Waals surface area contributed by atoms with Crippen molar-refractivity contribution >= 4 is 15.8 Å². The Hall–Kier alpha value is -1.20. The zero-order valence-corrected chi connectivity index (χ0v) is 13.5. The molecule has 1 aliphatic rings. The molecule has 1 aliphatic heterocycles. The van der Waals surface area contributed by atoms with Crippen LogP contribution in [0.15, 0.2) is 29.2 Å². The smallest absolute Gasteiger partial charge is 0.243 e. The Bertz CT molecular complexity index is 608. The third kappa shape index (κ3) is 3.52. The molecule has 0 aliphatic carbocycles. The van der Waals surface area contributed by atoms with Crippen LogP contribution in [-0.2, 0) is 10.0 Å². The van der Waals surface area contributed by atoms with Crippen LogP contribution in [0.1, 0.15) is 56.3 Å². The summed E-state index contributed by atoms with van der Waals surface area (Å²) in [6.45, 7) is 4.11. The molecule has 1 fully saturated rings. The molecular weight excluding hydrogens is 286 g/mol. The molecule has 0 aromatic heterocycles. The first-order chi connectivity index (χ1) is 9.96. The van der Waals surface area contributed by atoms with Crippen molar-refractivity contribution in [2.24, 2.45) is 0 Å². The van der Waals surface area contributed by atoms with Crippen molar-refractivity contribution in [1.29, 1.82) is 0 Å². The Kier molecular flexibility index (Phi) is 5.17. The first-order valence-corrected chi connectivity index (χ1v) is 9.03. The average molecular weight is 309 g/mol. The maximum Gasteiger partial charge on any atom is 0.243 e. The molecule has 4 nitrogen and oxygen atoms in total. The van der Waals surface area contributed by atoms with Crippen LogP contribution in [0.5, 0.6) is 0 Å². The molecule has 1 unspecified atom stereocenters. The van der Waals surface area contributed by atoms with Crippen molar-refractivity contribution < 1.29 is 13.2 Å². The number of hydrogen-bond donors (Lipinski definition) is 0. The van der Waals surface area contributed by atoms with E-state index in [0.29, 0.717) is 12.1 Å². The molecular formula is C16H23NO3S. The normalized spacial score (nSPS) is 20.4. The summed E-state index contributed by atoms with van der Waals surface area (Å²) in [5.41, 5.74) is 0.445. The van der Waals surface area contributed by atoms with Gasteiger partial charge in [0, 0.05) is 18.2 Å². The lowest BCUT2D eigenvalue weighted by atomic mass is 10.0. The van der Waals surface area contributed by atoms with Gasteiger partial charge in [0.15, 0.2) is 5.78 Å². The number of benzene rings is 1. The van der Waals surface area contributed by atoms with E-state index >= 15 is 0 Å². The highest BCUT2D eigenvalue weighted by molar-refractivity contribution is 7.89. The Morgan fingerprint density at radius 2 is 2.10 bits per heavy atom. The number of Topliss-reactive ketones (excluding diaryl/α,β-unsaturated/α-hetero) is 1. The number of nitrogens with zero attached hydrogens (tertiary/aromatic N) is 1. The van der Waals surface area contributed by atoms with Gasteiger partial charge in [-0.25, -0.2) is 8.42 Å². The van der Waals surface area contributed by atoms with Gasteiger partial charge in [-0.2, -0.15) is 4.31 Å². The Morgan fingerprint density at radius 3 is 2.76 bits per heavy atom. The van der Waals surface area contributed by atoms with E-state index < -0.39 is 10.0 Å². The Labute approximate surface area is 127 Å². The van der Waals surface area contributed by atoms with E-state index in [1.165, 1.54) is 13.0 Å². The Balaban J connectivity index is 2.35. The van der Waals surface area contributed by atoms with E-state index in [4.69, 9.17) is 0 Å². The number of hydrogen-bond acceptors (Lipinski definition) is 3. The van der Waals surface area contributed by atoms with Gasteiger partial charge in [0.25, 0.3) is 0 Å². The average Bonchev–Trinajstić information content (AvgIpc) is 2.48. The van der Waals surface area contributed by atoms with Crippen LogP contribution in [0.2, 0.25) is 0 Å². The number of ketones is 1. The van der Waals surface area contributed by atoms with Gasteiger partial charge < -0.3 is 0 Å². The highest BCUT2D eigenvalue weighted by atomic mass is 32.2. The monoisotopic (exact) mass is 309 g/mol. The van der Waals surface area contributed by atoms with E-state index in [-0.39, 0.29) is 16.7 Å². The van der Waals surface area contributed by atoms with E-state index in [9.17, 15) is 13.2 Å². The van der Waals surface area contributed by atoms with Crippen LogP contribution in [0.4, 0.5) is 0 Å². The van der Waals surface area contributed by atoms with Crippen molar-refractivity contribution in [3.05, 3.63) is 29.8 Å². The second kappa shape index (κ2) is 6.71. The van der Waals surface area contributed by atoms with Gasteiger partial charge in [-0.3, -0.25) is 4.79 Å². The number of carbonyl (C=O) groups is 1. The first-order valence-electron chi connectivity index (χ1n) is 7.59. The molecule has 0 saturated carbocycles. The fraction of sp³-hybridized carbons (Fsp3) is 0.562.